The van der Waals surface area contributed by atoms with E-state index in [0.29, 0.717) is 6.54 Å². The van der Waals surface area contributed by atoms with Crippen molar-refractivity contribution in [3.8, 4) is 0 Å². The van der Waals surface area contributed by atoms with Gasteiger partial charge in [-0.3, -0.25) is 4.79 Å². The Balaban J connectivity index is 2.45. The summed E-state index contributed by atoms with van der Waals surface area (Å²) in [4.78, 5) is 14.7. The lowest BCUT2D eigenvalue weighted by molar-refractivity contribution is -0.118. The van der Waals surface area contributed by atoms with E-state index >= 15 is 0 Å². The fraction of sp³-hybridized carbons (Fsp3) is 0.364. The van der Waals surface area contributed by atoms with Crippen LogP contribution < -0.4 is 4.90 Å². The number of halogens is 1. The lowest BCUT2D eigenvalue weighted by Gasteiger charge is -2.32. The molecular weight excluding hydrogens is 290 g/mol. The van der Waals surface area contributed by atoms with E-state index in [1.807, 2.05) is 25.1 Å². The highest BCUT2D eigenvalue weighted by atomic mass is 79.9. The van der Waals surface area contributed by atoms with Crippen molar-refractivity contribution in [2.24, 2.45) is 0 Å². The number of fused-ring (bicyclic) bond motifs is 1. The van der Waals surface area contributed by atoms with E-state index in [1.165, 1.54) is 0 Å². The molecule has 1 aromatic carbocycles. The van der Waals surface area contributed by atoms with Gasteiger partial charge in [-0.15, -0.1) is 11.8 Å². The summed E-state index contributed by atoms with van der Waals surface area (Å²) >= 11 is 4.96. The minimum atomic E-state index is -0.0831. The van der Waals surface area contributed by atoms with Crippen molar-refractivity contribution < 1.29 is 9.90 Å². The lowest BCUT2D eigenvalue weighted by atomic mass is 10.2. The topological polar surface area (TPSA) is 40.5 Å². The largest absolute Gasteiger partial charge is 0.395 e. The van der Waals surface area contributed by atoms with E-state index in [4.69, 9.17) is 5.11 Å². The predicted octanol–water partition coefficient (Wildman–Crippen LogP) is 2.27. The number of anilines is 1. The Hall–Kier alpha value is -0.520. The second-order valence-electron chi connectivity index (χ2n) is 3.59. The molecule has 0 saturated carbocycles. The normalized spacial score (nSPS) is 19.8. The molecule has 0 radical (unpaired) electrons. The molecule has 1 atom stereocenters. The van der Waals surface area contributed by atoms with Gasteiger partial charge in [0.15, 0.2) is 0 Å². The van der Waals surface area contributed by atoms with Crippen LogP contribution in [0.4, 0.5) is 5.69 Å². The molecular formula is C11H12BrNO2S. The van der Waals surface area contributed by atoms with E-state index < -0.39 is 0 Å². The molecule has 1 aromatic rings. The number of amides is 1. The summed E-state index contributed by atoms with van der Waals surface area (Å²) in [5.74, 6) is 0.0599. The van der Waals surface area contributed by atoms with Gasteiger partial charge >= 0.3 is 0 Å². The van der Waals surface area contributed by atoms with Gasteiger partial charge in [-0.2, -0.15) is 0 Å². The van der Waals surface area contributed by atoms with Crippen LogP contribution >= 0.6 is 27.7 Å². The number of hydrogen-bond donors (Lipinski definition) is 1. The van der Waals surface area contributed by atoms with Crippen LogP contribution in [0.15, 0.2) is 27.6 Å². The van der Waals surface area contributed by atoms with Gasteiger partial charge in [0.05, 0.1) is 17.5 Å². The van der Waals surface area contributed by atoms with Gasteiger partial charge in [0, 0.05) is 15.9 Å². The number of benzene rings is 1. The number of aliphatic hydroxyl groups excluding tert-OH is 1. The number of nitrogens with zero attached hydrogens (tertiary/aromatic N) is 1. The zero-order valence-electron chi connectivity index (χ0n) is 8.81. The Kier molecular flexibility index (Phi) is 3.56. The number of thioether (sulfide) groups is 1. The van der Waals surface area contributed by atoms with Gasteiger partial charge in [0.2, 0.25) is 5.91 Å². The van der Waals surface area contributed by atoms with Crippen LogP contribution in [-0.4, -0.2) is 29.4 Å². The number of carbonyl (C=O) groups is 1. The van der Waals surface area contributed by atoms with Crippen LogP contribution in [0.3, 0.4) is 0 Å². The van der Waals surface area contributed by atoms with Gasteiger partial charge in [-0.1, -0.05) is 15.9 Å². The number of β-amino-alcohol motifs (C(OH)–C–C–N with tert-alkyl or cyclic N) is 1. The highest BCUT2D eigenvalue weighted by Crippen LogP contribution is 2.40. The maximum Gasteiger partial charge on any atom is 0.240 e. The highest BCUT2D eigenvalue weighted by Gasteiger charge is 2.30. The third-order valence-corrected chi connectivity index (χ3v) is 4.10. The Labute approximate surface area is 107 Å². The average Bonchev–Trinajstić information content (AvgIpc) is 2.26. The fourth-order valence-corrected chi connectivity index (χ4v) is 3.11. The van der Waals surface area contributed by atoms with Crippen LogP contribution in [0.1, 0.15) is 6.92 Å². The summed E-state index contributed by atoms with van der Waals surface area (Å²) in [7, 11) is 0. The van der Waals surface area contributed by atoms with Crippen LogP contribution in [0.2, 0.25) is 0 Å². The van der Waals surface area contributed by atoms with Crippen molar-refractivity contribution in [3.63, 3.8) is 0 Å². The molecule has 1 N–H and O–H groups in total. The summed E-state index contributed by atoms with van der Waals surface area (Å²) in [5.41, 5.74) is 0.886. The molecule has 0 aromatic heterocycles. The molecule has 0 saturated heterocycles. The number of hydrogen-bond acceptors (Lipinski definition) is 3. The molecule has 0 aliphatic carbocycles. The van der Waals surface area contributed by atoms with E-state index in [1.54, 1.807) is 16.7 Å². The van der Waals surface area contributed by atoms with Crippen LogP contribution in [-0.2, 0) is 4.79 Å². The molecule has 3 nitrogen and oxygen atoms in total. The quantitative estimate of drug-likeness (QED) is 0.911. The minimum absolute atomic E-state index is 0.0188. The molecule has 0 spiro atoms. The van der Waals surface area contributed by atoms with Gasteiger partial charge in [0.1, 0.15) is 0 Å². The smallest absolute Gasteiger partial charge is 0.240 e. The molecule has 1 aliphatic heterocycles. The van der Waals surface area contributed by atoms with Crippen molar-refractivity contribution in [1.82, 2.24) is 0 Å². The second kappa shape index (κ2) is 4.77. The molecule has 5 heteroatoms. The van der Waals surface area contributed by atoms with Gasteiger partial charge < -0.3 is 10.0 Å². The molecule has 0 fully saturated rings. The van der Waals surface area contributed by atoms with Gasteiger partial charge in [-0.25, -0.2) is 0 Å². The summed E-state index contributed by atoms with van der Waals surface area (Å²) in [6.07, 6.45) is 0. The molecule has 1 heterocycles. The molecule has 2 rings (SSSR count). The van der Waals surface area contributed by atoms with E-state index in [0.717, 1.165) is 15.1 Å². The Morgan fingerprint density at radius 1 is 1.56 bits per heavy atom. The molecule has 86 valence electrons. The maximum atomic E-state index is 12.0. The van der Waals surface area contributed by atoms with Crippen LogP contribution in [0.5, 0.6) is 0 Å². The number of carbonyl (C=O) groups excluding carboxylic acids is 1. The van der Waals surface area contributed by atoms with E-state index in [2.05, 4.69) is 15.9 Å². The van der Waals surface area contributed by atoms with Crippen LogP contribution in [0.25, 0.3) is 0 Å². The average molecular weight is 302 g/mol. The summed E-state index contributed by atoms with van der Waals surface area (Å²) < 4.78 is 0.942. The highest BCUT2D eigenvalue weighted by molar-refractivity contribution is 9.10. The van der Waals surface area contributed by atoms with Crippen molar-refractivity contribution in [2.45, 2.75) is 17.1 Å². The standard InChI is InChI=1S/C11H12BrNO2S/c1-7-11(15)13(4-5-14)9-6-8(12)2-3-10(9)16-7/h2-3,6-7,14H,4-5H2,1H3. The molecule has 1 amide bonds. The van der Waals surface area contributed by atoms with Crippen molar-refractivity contribution in [1.29, 1.82) is 0 Å². The molecule has 0 bridgehead atoms. The fourth-order valence-electron chi connectivity index (χ4n) is 1.71. The predicted molar refractivity (Wildman–Crippen MR) is 68.9 cm³/mol. The summed E-state index contributed by atoms with van der Waals surface area (Å²) in [6, 6.07) is 5.88. The van der Waals surface area contributed by atoms with Crippen molar-refractivity contribution in [3.05, 3.63) is 22.7 Å². The molecule has 16 heavy (non-hydrogen) atoms. The number of rotatable bonds is 2. The third kappa shape index (κ3) is 2.12. The van der Waals surface area contributed by atoms with Crippen molar-refractivity contribution >= 4 is 39.3 Å². The van der Waals surface area contributed by atoms with E-state index in [9.17, 15) is 4.79 Å². The van der Waals surface area contributed by atoms with Crippen molar-refractivity contribution in [2.75, 3.05) is 18.1 Å². The first-order chi connectivity index (χ1) is 7.63. The van der Waals surface area contributed by atoms with E-state index in [-0.39, 0.29) is 17.8 Å². The zero-order valence-corrected chi connectivity index (χ0v) is 11.2. The SMILES string of the molecule is CC1Sc2ccc(Br)cc2N(CCO)C1=O. The first kappa shape index (κ1) is 12.0. The summed E-state index contributed by atoms with van der Waals surface area (Å²) in [5, 5.41) is 8.92. The Morgan fingerprint density at radius 3 is 3.00 bits per heavy atom. The monoisotopic (exact) mass is 301 g/mol. The second-order valence-corrected chi connectivity index (χ2v) is 5.88. The van der Waals surface area contributed by atoms with Crippen LogP contribution in [0, 0.1) is 0 Å². The van der Waals surface area contributed by atoms with Gasteiger partial charge in [-0.05, 0) is 25.1 Å². The first-order valence-electron chi connectivity index (χ1n) is 5.02. The summed E-state index contributed by atoms with van der Waals surface area (Å²) in [6.45, 7) is 2.23. The van der Waals surface area contributed by atoms with Gasteiger partial charge in [0.25, 0.3) is 0 Å². The first-order valence-corrected chi connectivity index (χ1v) is 6.69. The molecule has 1 aliphatic rings. The Morgan fingerprint density at radius 2 is 2.31 bits per heavy atom. The maximum absolute atomic E-state index is 12.0. The lowest BCUT2D eigenvalue weighted by Crippen LogP contribution is -2.41. The minimum Gasteiger partial charge on any atom is -0.395 e. The third-order valence-electron chi connectivity index (χ3n) is 2.45. The molecule has 1 unspecified atom stereocenters. The number of aliphatic hydroxyl groups is 1. The zero-order chi connectivity index (χ0) is 11.7. The Bertz CT molecular complexity index is 424.